The fourth-order valence-corrected chi connectivity index (χ4v) is 2.57. The van der Waals surface area contributed by atoms with Crippen LogP contribution >= 0.6 is 12.4 Å². The summed E-state index contributed by atoms with van der Waals surface area (Å²) in [5.74, 6) is -1.23. The molecule has 2 rings (SSSR count). The van der Waals surface area contributed by atoms with Crippen LogP contribution in [0.3, 0.4) is 0 Å². The van der Waals surface area contributed by atoms with Crippen molar-refractivity contribution >= 4 is 30.4 Å². The van der Waals surface area contributed by atoms with E-state index in [1.807, 2.05) is 6.92 Å². The summed E-state index contributed by atoms with van der Waals surface area (Å²) in [6, 6.07) is 0. The Kier molecular flexibility index (Phi) is 10.6. The molecule has 2 N–H and O–H groups in total. The number of carboxylic acids is 1. The van der Waals surface area contributed by atoms with Crippen molar-refractivity contribution in [3.63, 3.8) is 0 Å². The second-order valence-corrected chi connectivity index (χ2v) is 7.19. The molecule has 9 heteroatoms. The van der Waals surface area contributed by atoms with E-state index >= 15 is 0 Å². The standard InChI is InChI=1S/C10H17NO4.C7H13NO2.ClH/c1-10(2,3)15-9(14)11-5-4-7(6-11)8(12)13;1-2-10-7(9)6-3-4-8-5-6;/h7H,4-6H2,1-3H3,(H,12,13);6,8H,2-5H2,1H3;1H. The van der Waals surface area contributed by atoms with Gasteiger partial charge in [-0.05, 0) is 47.1 Å². The number of aliphatic carboxylic acids is 1. The first kappa shape index (κ1) is 24.5. The van der Waals surface area contributed by atoms with Crippen LogP contribution in [-0.4, -0.2) is 66.4 Å². The molecule has 2 heterocycles. The lowest BCUT2D eigenvalue weighted by molar-refractivity contribution is -0.147. The average molecular weight is 395 g/mol. The number of carbonyl (C=O) groups is 3. The Morgan fingerprint density at radius 2 is 1.85 bits per heavy atom. The number of nitrogens with zero attached hydrogens (tertiary/aromatic N) is 1. The van der Waals surface area contributed by atoms with Crippen LogP contribution in [0.15, 0.2) is 0 Å². The molecular formula is C17H31ClN2O6. The summed E-state index contributed by atoms with van der Waals surface area (Å²) in [6.07, 6.45) is 1.01. The number of likely N-dealkylation sites (tertiary alicyclic amines) is 1. The van der Waals surface area contributed by atoms with Gasteiger partial charge in [0, 0.05) is 19.6 Å². The first-order valence-electron chi connectivity index (χ1n) is 8.72. The van der Waals surface area contributed by atoms with Gasteiger partial charge in [0.15, 0.2) is 0 Å². The van der Waals surface area contributed by atoms with Crippen LogP contribution in [0.1, 0.15) is 40.5 Å². The van der Waals surface area contributed by atoms with Crippen LogP contribution < -0.4 is 5.32 Å². The number of carboxylic acid groups (broad SMARTS) is 1. The second-order valence-electron chi connectivity index (χ2n) is 7.19. The van der Waals surface area contributed by atoms with Crippen molar-refractivity contribution in [3.8, 4) is 0 Å². The SMILES string of the molecule is CC(C)(C)OC(=O)N1CCC(C(=O)O)C1.CCOC(=O)C1CCNC1.Cl. The third-order valence-electron chi connectivity index (χ3n) is 3.87. The zero-order valence-corrected chi connectivity index (χ0v) is 16.8. The molecule has 2 saturated heterocycles. The van der Waals surface area contributed by atoms with Gasteiger partial charge in [0.05, 0.1) is 18.4 Å². The number of amides is 1. The van der Waals surface area contributed by atoms with Gasteiger partial charge in [-0.25, -0.2) is 4.79 Å². The molecule has 2 fully saturated rings. The monoisotopic (exact) mass is 394 g/mol. The van der Waals surface area contributed by atoms with Crippen molar-refractivity contribution in [1.29, 1.82) is 0 Å². The molecule has 26 heavy (non-hydrogen) atoms. The van der Waals surface area contributed by atoms with E-state index < -0.39 is 23.6 Å². The summed E-state index contributed by atoms with van der Waals surface area (Å²) in [5, 5.41) is 11.9. The third-order valence-corrected chi connectivity index (χ3v) is 3.87. The minimum atomic E-state index is -0.846. The first-order chi connectivity index (χ1) is 11.6. The smallest absolute Gasteiger partial charge is 0.410 e. The zero-order valence-electron chi connectivity index (χ0n) is 15.9. The third kappa shape index (κ3) is 8.71. The van der Waals surface area contributed by atoms with Crippen LogP contribution in [0.2, 0.25) is 0 Å². The molecular weight excluding hydrogens is 364 g/mol. The van der Waals surface area contributed by atoms with E-state index in [1.54, 1.807) is 20.8 Å². The van der Waals surface area contributed by atoms with E-state index in [9.17, 15) is 14.4 Å². The maximum Gasteiger partial charge on any atom is 0.410 e. The van der Waals surface area contributed by atoms with Gasteiger partial charge >= 0.3 is 18.0 Å². The van der Waals surface area contributed by atoms with E-state index in [1.165, 1.54) is 4.90 Å². The topological polar surface area (TPSA) is 105 Å². The predicted octanol–water partition coefficient (Wildman–Crippen LogP) is 1.91. The lowest BCUT2D eigenvalue weighted by Crippen LogP contribution is -2.35. The molecule has 2 unspecified atom stereocenters. The summed E-state index contributed by atoms with van der Waals surface area (Å²) in [7, 11) is 0. The van der Waals surface area contributed by atoms with Crippen LogP contribution in [0.25, 0.3) is 0 Å². The highest BCUT2D eigenvalue weighted by molar-refractivity contribution is 5.85. The summed E-state index contributed by atoms with van der Waals surface area (Å²) in [5.41, 5.74) is -0.529. The summed E-state index contributed by atoms with van der Waals surface area (Å²) in [6.45, 7) is 10.1. The molecule has 0 bridgehead atoms. The lowest BCUT2D eigenvalue weighted by Gasteiger charge is -2.24. The maximum absolute atomic E-state index is 11.5. The van der Waals surface area contributed by atoms with Crippen LogP contribution in [0.4, 0.5) is 4.79 Å². The van der Waals surface area contributed by atoms with Gasteiger partial charge < -0.3 is 24.8 Å². The number of hydrogen-bond donors (Lipinski definition) is 2. The van der Waals surface area contributed by atoms with Crippen LogP contribution in [-0.2, 0) is 19.1 Å². The van der Waals surface area contributed by atoms with E-state index in [-0.39, 0.29) is 30.8 Å². The van der Waals surface area contributed by atoms with E-state index in [2.05, 4.69) is 5.32 Å². The highest BCUT2D eigenvalue weighted by atomic mass is 35.5. The molecule has 8 nitrogen and oxygen atoms in total. The Bertz CT molecular complexity index is 474. The minimum Gasteiger partial charge on any atom is -0.481 e. The Labute approximate surface area is 161 Å². The Balaban J connectivity index is 0.000000497. The van der Waals surface area contributed by atoms with Gasteiger partial charge in [0.25, 0.3) is 0 Å². The van der Waals surface area contributed by atoms with Gasteiger partial charge in [0.1, 0.15) is 5.60 Å². The van der Waals surface area contributed by atoms with E-state index in [4.69, 9.17) is 14.6 Å². The first-order valence-corrected chi connectivity index (χ1v) is 8.72. The number of halogens is 1. The summed E-state index contributed by atoms with van der Waals surface area (Å²) in [4.78, 5) is 34.6. The van der Waals surface area contributed by atoms with Gasteiger partial charge in [-0.3, -0.25) is 9.59 Å². The van der Waals surface area contributed by atoms with Gasteiger partial charge in [0.2, 0.25) is 0 Å². The molecule has 0 aromatic carbocycles. The Hall–Kier alpha value is -1.54. The van der Waals surface area contributed by atoms with Crippen LogP contribution in [0.5, 0.6) is 0 Å². The van der Waals surface area contributed by atoms with E-state index in [0.717, 1.165) is 19.5 Å². The van der Waals surface area contributed by atoms with Gasteiger partial charge in [-0.15, -0.1) is 12.4 Å². The molecule has 0 aromatic rings. The largest absolute Gasteiger partial charge is 0.481 e. The molecule has 0 radical (unpaired) electrons. The van der Waals surface area contributed by atoms with Gasteiger partial charge in [-0.2, -0.15) is 0 Å². The Morgan fingerprint density at radius 1 is 1.19 bits per heavy atom. The number of carbonyl (C=O) groups excluding carboxylic acids is 2. The van der Waals surface area contributed by atoms with Gasteiger partial charge in [-0.1, -0.05) is 0 Å². The molecule has 0 spiro atoms. The minimum absolute atomic E-state index is 0. The van der Waals surface area contributed by atoms with Crippen molar-refractivity contribution in [2.75, 3.05) is 32.8 Å². The average Bonchev–Trinajstić information content (AvgIpc) is 3.18. The summed E-state index contributed by atoms with van der Waals surface area (Å²) < 4.78 is 9.99. The quantitative estimate of drug-likeness (QED) is 0.704. The number of hydrogen-bond acceptors (Lipinski definition) is 6. The van der Waals surface area contributed by atoms with Crippen molar-refractivity contribution in [3.05, 3.63) is 0 Å². The normalized spacial score (nSPS) is 21.9. The highest BCUT2D eigenvalue weighted by Gasteiger charge is 2.33. The van der Waals surface area contributed by atoms with Crippen molar-refractivity contribution in [2.45, 2.75) is 46.1 Å². The number of esters is 1. The fraction of sp³-hybridized carbons (Fsp3) is 0.824. The van der Waals surface area contributed by atoms with Crippen LogP contribution in [0, 0.1) is 11.8 Å². The molecule has 0 aliphatic carbocycles. The lowest BCUT2D eigenvalue weighted by atomic mass is 10.1. The molecule has 2 aliphatic rings. The fourth-order valence-electron chi connectivity index (χ4n) is 2.57. The molecule has 2 aliphatic heterocycles. The van der Waals surface area contributed by atoms with E-state index in [0.29, 0.717) is 19.6 Å². The summed E-state index contributed by atoms with van der Waals surface area (Å²) >= 11 is 0. The van der Waals surface area contributed by atoms with Crippen molar-refractivity contribution in [2.24, 2.45) is 11.8 Å². The molecule has 1 amide bonds. The maximum atomic E-state index is 11.5. The molecule has 0 saturated carbocycles. The molecule has 2 atom stereocenters. The molecule has 152 valence electrons. The number of nitrogens with one attached hydrogen (secondary N) is 1. The van der Waals surface area contributed by atoms with Crippen molar-refractivity contribution < 1.29 is 29.0 Å². The zero-order chi connectivity index (χ0) is 19.0. The van der Waals surface area contributed by atoms with Crippen molar-refractivity contribution in [1.82, 2.24) is 10.2 Å². The molecule has 0 aromatic heterocycles. The predicted molar refractivity (Wildman–Crippen MR) is 98.4 cm³/mol. The Morgan fingerprint density at radius 3 is 2.27 bits per heavy atom. The number of rotatable bonds is 3. The second kappa shape index (κ2) is 11.2. The number of ether oxygens (including phenoxy) is 2. The highest BCUT2D eigenvalue weighted by Crippen LogP contribution is 2.19.